The van der Waals surface area contributed by atoms with Crippen LogP contribution >= 0.6 is 46.1 Å². The van der Waals surface area contributed by atoms with Crippen molar-refractivity contribution in [2.75, 3.05) is 26.2 Å². The van der Waals surface area contributed by atoms with Crippen LogP contribution in [0, 0.1) is 0 Å². The predicted molar refractivity (Wildman–Crippen MR) is 156 cm³/mol. The minimum absolute atomic E-state index is 0.0245. The van der Waals surface area contributed by atoms with Gasteiger partial charge in [0.2, 0.25) is 31.9 Å². The first kappa shape index (κ1) is 31.2. The van der Waals surface area contributed by atoms with Crippen LogP contribution in [-0.2, 0) is 29.6 Å². The highest BCUT2D eigenvalue weighted by molar-refractivity contribution is 7.92. The van der Waals surface area contributed by atoms with Crippen LogP contribution in [0.25, 0.3) is 6.08 Å². The summed E-state index contributed by atoms with van der Waals surface area (Å²) >= 11 is 19.1. The molecule has 1 aromatic carbocycles. The SMILES string of the molecule is O=C1[C@@H](NS(=O)(=O)/C=C/c2ccc(Cl)s2)CCCN1CC(=O)N1CCC[C@H]1CNS(=O)(=O)c1cc(Cl)ccc1Cl. The van der Waals surface area contributed by atoms with Gasteiger partial charge in [0.25, 0.3) is 0 Å². The van der Waals surface area contributed by atoms with Gasteiger partial charge in [-0.3, -0.25) is 9.59 Å². The fraction of sp³-hybridized carbons (Fsp3) is 0.417. The monoisotopic (exact) mass is 668 g/mol. The minimum atomic E-state index is -3.98. The molecular formula is C24H27Cl3N4O6S3. The van der Waals surface area contributed by atoms with Gasteiger partial charge in [-0.25, -0.2) is 21.6 Å². The lowest BCUT2D eigenvalue weighted by Crippen LogP contribution is -2.55. The van der Waals surface area contributed by atoms with Gasteiger partial charge in [-0.1, -0.05) is 34.8 Å². The van der Waals surface area contributed by atoms with E-state index in [2.05, 4.69) is 9.44 Å². The van der Waals surface area contributed by atoms with Crippen LogP contribution in [0.1, 0.15) is 30.6 Å². The number of hydrogen-bond acceptors (Lipinski definition) is 7. The number of halogens is 3. The zero-order valence-corrected chi connectivity index (χ0v) is 25.8. The molecule has 0 spiro atoms. The van der Waals surface area contributed by atoms with Gasteiger partial charge in [0, 0.05) is 41.0 Å². The van der Waals surface area contributed by atoms with Gasteiger partial charge in [-0.15, -0.1) is 11.3 Å². The van der Waals surface area contributed by atoms with E-state index in [1.165, 1.54) is 40.5 Å². The zero-order valence-electron chi connectivity index (χ0n) is 21.1. The minimum Gasteiger partial charge on any atom is -0.337 e. The molecule has 2 aromatic rings. The standard InChI is InChI=1S/C24H27Cl3N4O6S3/c25-16-5-7-19(26)21(13-16)40(36,37)28-14-17-3-1-11-31(17)23(32)15-30-10-2-4-20(24(30)33)29-39(34,35)12-9-18-6-8-22(27)38-18/h5-9,12-13,17,20,28-29H,1-4,10-11,14-15H2/b12-9+/t17-,20-/m0/s1. The number of sulfonamides is 2. The van der Waals surface area contributed by atoms with E-state index in [1.807, 2.05) is 0 Å². The Morgan fingerprint density at radius 3 is 2.52 bits per heavy atom. The van der Waals surface area contributed by atoms with E-state index in [4.69, 9.17) is 34.8 Å². The topological polar surface area (TPSA) is 133 Å². The number of piperidine rings is 1. The van der Waals surface area contributed by atoms with E-state index in [0.717, 1.165) is 5.41 Å². The van der Waals surface area contributed by atoms with E-state index >= 15 is 0 Å². The van der Waals surface area contributed by atoms with Crippen molar-refractivity contribution in [3.05, 3.63) is 55.0 Å². The molecule has 2 N–H and O–H groups in total. The first-order chi connectivity index (χ1) is 18.8. The first-order valence-electron chi connectivity index (χ1n) is 12.3. The Hall–Kier alpha value is -1.71. The van der Waals surface area contributed by atoms with Crippen LogP contribution in [0.5, 0.6) is 0 Å². The normalized spacial score (nSPS) is 20.5. The molecule has 1 aromatic heterocycles. The van der Waals surface area contributed by atoms with Crippen molar-refractivity contribution in [3.63, 3.8) is 0 Å². The summed E-state index contributed by atoms with van der Waals surface area (Å²) < 4.78 is 56.2. The van der Waals surface area contributed by atoms with Crippen molar-refractivity contribution in [1.29, 1.82) is 0 Å². The summed E-state index contributed by atoms with van der Waals surface area (Å²) in [5, 5.41) is 1.23. The molecule has 2 aliphatic rings. The lowest BCUT2D eigenvalue weighted by Gasteiger charge is -2.34. The lowest BCUT2D eigenvalue weighted by molar-refractivity contribution is -0.143. The number of nitrogens with zero attached hydrogens (tertiary/aromatic N) is 2. The summed E-state index contributed by atoms with van der Waals surface area (Å²) in [7, 11) is -7.90. The Balaban J connectivity index is 1.34. The molecule has 40 heavy (non-hydrogen) atoms. The van der Waals surface area contributed by atoms with Gasteiger partial charge >= 0.3 is 0 Å². The second-order valence-corrected chi connectivity index (χ2v) is 15.3. The summed E-state index contributed by atoms with van der Waals surface area (Å²) in [5.74, 6) is -0.823. The number of rotatable bonds is 10. The predicted octanol–water partition coefficient (Wildman–Crippen LogP) is 3.56. The molecule has 3 heterocycles. The number of carbonyl (C=O) groups excluding carboxylic acids is 2. The van der Waals surface area contributed by atoms with Crippen molar-refractivity contribution in [2.45, 2.75) is 42.7 Å². The number of carbonyl (C=O) groups is 2. The van der Waals surface area contributed by atoms with Crippen molar-refractivity contribution >= 4 is 84.1 Å². The van der Waals surface area contributed by atoms with Crippen molar-refractivity contribution in [1.82, 2.24) is 19.2 Å². The Bertz CT molecular complexity index is 1510. The third-order valence-electron chi connectivity index (χ3n) is 6.56. The molecule has 16 heteroatoms. The number of thiophene rings is 1. The van der Waals surface area contributed by atoms with Gasteiger partial charge in [0.05, 0.1) is 15.9 Å². The van der Waals surface area contributed by atoms with Crippen LogP contribution in [0.3, 0.4) is 0 Å². The van der Waals surface area contributed by atoms with Gasteiger partial charge < -0.3 is 9.80 Å². The van der Waals surface area contributed by atoms with Crippen molar-refractivity contribution < 1.29 is 26.4 Å². The maximum absolute atomic E-state index is 13.2. The molecule has 0 saturated carbocycles. The smallest absolute Gasteiger partial charge is 0.242 e. The van der Waals surface area contributed by atoms with E-state index in [1.54, 1.807) is 17.0 Å². The first-order valence-corrected chi connectivity index (χ1v) is 17.3. The summed E-state index contributed by atoms with van der Waals surface area (Å²) in [6.45, 7) is 0.461. The number of nitrogens with one attached hydrogen (secondary N) is 2. The third kappa shape index (κ3) is 7.97. The highest BCUT2D eigenvalue weighted by atomic mass is 35.5. The fourth-order valence-electron chi connectivity index (χ4n) is 4.62. The molecule has 0 aliphatic carbocycles. The van der Waals surface area contributed by atoms with E-state index < -0.39 is 38.0 Å². The molecule has 2 saturated heterocycles. The molecule has 0 unspecified atom stereocenters. The number of hydrogen-bond donors (Lipinski definition) is 2. The average Bonchev–Trinajstić information content (AvgIpc) is 3.54. The molecule has 2 amide bonds. The summed E-state index contributed by atoms with van der Waals surface area (Å²) in [6.07, 6.45) is 3.47. The van der Waals surface area contributed by atoms with Gasteiger partial charge in [-0.05, 0) is 62.1 Å². The molecular weight excluding hydrogens is 643 g/mol. The largest absolute Gasteiger partial charge is 0.337 e. The molecule has 0 radical (unpaired) electrons. The van der Waals surface area contributed by atoms with Gasteiger partial charge in [-0.2, -0.15) is 4.72 Å². The molecule has 2 aliphatic heterocycles. The number of amides is 2. The van der Waals surface area contributed by atoms with Crippen LogP contribution in [0.2, 0.25) is 14.4 Å². The fourth-order valence-corrected chi connectivity index (χ4v) is 8.52. The molecule has 0 bridgehead atoms. The van der Waals surface area contributed by atoms with E-state index in [9.17, 15) is 26.4 Å². The Labute approximate surface area is 252 Å². The van der Waals surface area contributed by atoms with E-state index in [-0.39, 0.29) is 33.9 Å². The molecule has 10 nitrogen and oxygen atoms in total. The molecule has 218 valence electrons. The van der Waals surface area contributed by atoms with Crippen LogP contribution in [0.15, 0.2) is 40.6 Å². The lowest BCUT2D eigenvalue weighted by atomic mass is 10.1. The molecule has 2 atom stereocenters. The highest BCUT2D eigenvalue weighted by Crippen LogP contribution is 2.26. The van der Waals surface area contributed by atoms with Crippen LogP contribution in [-0.4, -0.2) is 76.7 Å². The number of benzene rings is 1. The average molecular weight is 670 g/mol. The zero-order chi connectivity index (χ0) is 29.1. The second kappa shape index (κ2) is 13.1. The van der Waals surface area contributed by atoms with Crippen LogP contribution < -0.4 is 9.44 Å². The Morgan fingerprint density at radius 1 is 1.05 bits per heavy atom. The van der Waals surface area contributed by atoms with Gasteiger partial charge in [0.1, 0.15) is 10.9 Å². The Kier molecular flexibility index (Phi) is 10.2. The maximum Gasteiger partial charge on any atom is 0.242 e. The molecule has 4 rings (SSSR count). The summed E-state index contributed by atoms with van der Waals surface area (Å²) in [4.78, 5) is 29.6. The van der Waals surface area contributed by atoms with Crippen LogP contribution in [0.4, 0.5) is 0 Å². The summed E-state index contributed by atoms with van der Waals surface area (Å²) in [6, 6.07) is 6.06. The van der Waals surface area contributed by atoms with Gasteiger partial charge in [0.15, 0.2) is 0 Å². The van der Waals surface area contributed by atoms with E-state index in [0.29, 0.717) is 48.0 Å². The highest BCUT2D eigenvalue weighted by Gasteiger charge is 2.36. The summed E-state index contributed by atoms with van der Waals surface area (Å²) in [5.41, 5.74) is 0. The van der Waals surface area contributed by atoms with Crippen molar-refractivity contribution in [2.24, 2.45) is 0 Å². The maximum atomic E-state index is 13.2. The number of likely N-dealkylation sites (tertiary alicyclic amines) is 2. The van der Waals surface area contributed by atoms with Crippen molar-refractivity contribution in [3.8, 4) is 0 Å². The quantitative estimate of drug-likeness (QED) is 0.398. The molecule has 2 fully saturated rings. The second-order valence-electron chi connectivity index (χ2n) is 9.37. The Morgan fingerprint density at radius 2 is 1.80 bits per heavy atom. The third-order valence-corrected chi connectivity index (χ3v) is 11.0.